The normalized spacial score (nSPS) is 22.0. The van der Waals surface area contributed by atoms with Crippen molar-refractivity contribution >= 4 is 15.8 Å². The van der Waals surface area contributed by atoms with E-state index >= 15 is 0 Å². The van der Waals surface area contributed by atoms with Crippen molar-refractivity contribution in [1.82, 2.24) is 14.1 Å². The Bertz CT molecular complexity index is 550. The molecule has 1 fully saturated rings. The van der Waals surface area contributed by atoms with Crippen LogP contribution in [0.4, 0.5) is 0 Å². The molecule has 1 aromatic rings. The van der Waals surface area contributed by atoms with Crippen molar-refractivity contribution in [3.05, 3.63) is 12.4 Å². The van der Waals surface area contributed by atoms with E-state index in [9.17, 15) is 13.2 Å². The Morgan fingerprint density at radius 3 is 2.72 bits per heavy atom. The van der Waals surface area contributed by atoms with Gasteiger partial charge in [0.2, 0.25) is 10.0 Å². The van der Waals surface area contributed by atoms with Gasteiger partial charge in [-0.25, -0.2) is 8.42 Å². The van der Waals surface area contributed by atoms with E-state index in [1.54, 1.807) is 7.05 Å². The molecule has 7 heteroatoms. The monoisotopic (exact) mass is 271 g/mol. The Kier molecular flexibility index (Phi) is 3.54. The standard InChI is InChI=1S/C11H17N3O3S/c1-9(15)11-5-3-4-6-14(11)18(16,17)10-7-12-13(2)8-10/h7-8,11H,3-6H2,1-2H3. The predicted molar refractivity (Wildman–Crippen MR) is 65.4 cm³/mol. The molecule has 1 aliphatic heterocycles. The van der Waals surface area contributed by atoms with E-state index in [4.69, 9.17) is 0 Å². The number of sulfonamides is 1. The molecule has 1 aromatic heterocycles. The zero-order chi connectivity index (χ0) is 13.3. The van der Waals surface area contributed by atoms with Gasteiger partial charge in [-0.3, -0.25) is 9.48 Å². The Morgan fingerprint density at radius 2 is 2.17 bits per heavy atom. The Balaban J connectivity index is 2.36. The van der Waals surface area contributed by atoms with Crippen LogP contribution in [0, 0.1) is 0 Å². The van der Waals surface area contributed by atoms with E-state index in [0.717, 1.165) is 12.8 Å². The second-order valence-corrected chi connectivity index (χ2v) is 6.48. The lowest BCUT2D eigenvalue weighted by Crippen LogP contribution is -2.47. The van der Waals surface area contributed by atoms with Crippen LogP contribution < -0.4 is 0 Å². The minimum absolute atomic E-state index is 0.0952. The lowest BCUT2D eigenvalue weighted by molar-refractivity contribution is -0.121. The summed E-state index contributed by atoms with van der Waals surface area (Å²) in [5.41, 5.74) is 0. The summed E-state index contributed by atoms with van der Waals surface area (Å²) >= 11 is 0. The number of piperidine rings is 1. The molecule has 0 aromatic carbocycles. The van der Waals surface area contributed by atoms with E-state index < -0.39 is 16.1 Å². The zero-order valence-corrected chi connectivity index (χ0v) is 11.4. The number of carbonyl (C=O) groups is 1. The predicted octanol–water partition coefficient (Wildman–Crippen LogP) is 0.552. The fourth-order valence-electron chi connectivity index (χ4n) is 2.27. The summed E-state index contributed by atoms with van der Waals surface area (Å²) in [5, 5.41) is 3.87. The number of aryl methyl sites for hydroxylation is 1. The van der Waals surface area contributed by atoms with Gasteiger partial charge in [0, 0.05) is 19.8 Å². The highest BCUT2D eigenvalue weighted by atomic mass is 32.2. The van der Waals surface area contributed by atoms with Gasteiger partial charge in [-0.1, -0.05) is 6.42 Å². The highest BCUT2D eigenvalue weighted by Gasteiger charge is 2.36. The molecule has 1 saturated heterocycles. The molecule has 1 aliphatic rings. The summed E-state index contributed by atoms with van der Waals surface area (Å²) in [4.78, 5) is 11.7. The van der Waals surface area contributed by atoms with Crippen LogP contribution in [0.25, 0.3) is 0 Å². The molecule has 1 atom stereocenters. The maximum absolute atomic E-state index is 12.4. The van der Waals surface area contributed by atoms with Crippen molar-refractivity contribution in [3.8, 4) is 0 Å². The van der Waals surface area contributed by atoms with Crippen molar-refractivity contribution < 1.29 is 13.2 Å². The zero-order valence-electron chi connectivity index (χ0n) is 10.5. The molecule has 0 saturated carbocycles. The van der Waals surface area contributed by atoms with Gasteiger partial charge in [0.25, 0.3) is 0 Å². The maximum atomic E-state index is 12.4. The molecule has 0 aliphatic carbocycles. The first kappa shape index (κ1) is 13.2. The summed E-state index contributed by atoms with van der Waals surface area (Å²) in [6.45, 7) is 1.85. The number of carbonyl (C=O) groups excluding carboxylic acids is 1. The molecule has 2 rings (SSSR count). The Hall–Kier alpha value is -1.21. The van der Waals surface area contributed by atoms with Crippen LogP contribution in [0.1, 0.15) is 26.2 Å². The fraction of sp³-hybridized carbons (Fsp3) is 0.636. The molecule has 0 spiro atoms. The van der Waals surface area contributed by atoms with E-state index in [-0.39, 0.29) is 10.7 Å². The highest BCUT2D eigenvalue weighted by Crippen LogP contribution is 2.25. The molecule has 0 N–H and O–H groups in total. The molecule has 0 amide bonds. The molecule has 1 unspecified atom stereocenters. The van der Waals surface area contributed by atoms with Crippen LogP contribution >= 0.6 is 0 Å². The first-order valence-corrected chi connectivity index (χ1v) is 7.38. The number of hydrogen-bond acceptors (Lipinski definition) is 4. The number of rotatable bonds is 3. The largest absolute Gasteiger partial charge is 0.298 e. The SMILES string of the molecule is CC(=O)C1CCCCN1S(=O)(=O)c1cnn(C)c1. The summed E-state index contributed by atoms with van der Waals surface area (Å²) < 4.78 is 27.6. The number of nitrogens with zero attached hydrogens (tertiary/aromatic N) is 3. The molecule has 6 nitrogen and oxygen atoms in total. The minimum atomic E-state index is -3.61. The second-order valence-electron chi connectivity index (χ2n) is 4.59. The van der Waals surface area contributed by atoms with Crippen molar-refractivity contribution in [1.29, 1.82) is 0 Å². The summed E-state index contributed by atoms with van der Waals surface area (Å²) in [5.74, 6) is -0.0952. The molecule has 0 radical (unpaired) electrons. The number of ketones is 1. The lowest BCUT2D eigenvalue weighted by atomic mass is 10.0. The molecule has 18 heavy (non-hydrogen) atoms. The maximum Gasteiger partial charge on any atom is 0.246 e. The Morgan fingerprint density at radius 1 is 1.44 bits per heavy atom. The smallest absolute Gasteiger partial charge is 0.246 e. The van der Waals surface area contributed by atoms with Crippen LogP contribution in [0.2, 0.25) is 0 Å². The Labute approximate surface area is 107 Å². The van der Waals surface area contributed by atoms with Crippen molar-refractivity contribution in [2.24, 2.45) is 7.05 Å². The first-order chi connectivity index (χ1) is 8.43. The molecular weight excluding hydrogens is 254 g/mol. The van der Waals surface area contributed by atoms with Gasteiger partial charge in [-0.05, 0) is 19.8 Å². The number of Topliss-reactive ketones (excluding diaryl/α,β-unsaturated/α-hetero) is 1. The third-order valence-electron chi connectivity index (χ3n) is 3.21. The average molecular weight is 271 g/mol. The molecule has 100 valence electrons. The molecule has 0 bridgehead atoms. The van der Waals surface area contributed by atoms with Gasteiger partial charge < -0.3 is 0 Å². The fourth-order valence-corrected chi connectivity index (χ4v) is 3.96. The van der Waals surface area contributed by atoms with Crippen LogP contribution in [0.3, 0.4) is 0 Å². The van der Waals surface area contributed by atoms with Gasteiger partial charge in [0.05, 0.1) is 12.2 Å². The third-order valence-corrected chi connectivity index (χ3v) is 5.07. The summed E-state index contributed by atoms with van der Waals surface area (Å²) in [6.07, 6.45) is 5.07. The average Bonchev–Trinajstić information content (AvgIpc) is 2.76. The number of aromatic nitrogens is 2. The van der Waals surface area contributed by atoms with E-state index in [1.165, 1.54) is 28.3 Å². The summed E-state index contributed by atoms with van der Waals surface area (Å²) in [6, 6.07) is -0.524. The van der Waals surface area contributed by atoms with E-state index in [2.05, 4.69) is 5.10 Å². The van der Waals surface area contributed by atoms with E-state index in [1.807, 2.05) is 0 Å². The topological polar surface area (TPSA) is 72.3 Å². The van der Waals surface area contributed by atoms with Crippen LogP contribution in [-0.2, 0) is 21.9 Å². The van der Waals surface area contributed by atoms with Crippen LogP contribution in [0.15, 0.2) is 17.3 Å². The van der Waals surface area contributed by atoms with Gasteiger partial charge >= 0.3 is 0 Å². The molecular formula is C11H17N3O3S. The lowest BCUT2D eigenvalue weighted by Gasteiger charge is -2.32. The summed E-state index contributed by atoms with van der Waals surface area (Å²) in [7, 11) is -1.94. The quantitative estimate of drug-likeness (QED) is 0.805. The van der Waals surface area contributed by atoms with E-state index in [0.29, 0.717) is 13.0 Å². The van der Waals surface area contributed by atoms with Crippen LogP contribution in [-0.4, -0.2) is 40.9 Å². The third kappa shape index (κ3) is 2.32. The van der Waals surface area contributed by atoms with Crippen molar-refractivity contribution in [2.45, 2.75) is 37.1 Å². The van der Waals surface area contributed by atoms with Gasteiger partial charge in [0.15, 0.2) is 0 Å². The second kappa shape index (κ2) is 4.81. The minimum Gasteiger partial charge on any atom is -0.298 e. The number of hydrogen-bond donors (Lipinski definition) is 0. The van der Waals surface area contributed by atoms with Crippen molar-refractivity contribution in [3.63, 3.8) is 0 Å². The van der Waals surface area contributed by atoms with Gasteiger partial charge in [-0.15, -0.1) is 0 Å². The first-order valence-electron chi connectivity index (χ1n) is 5.94. The van der Waals surface area contributed by atoms with Crippen molar-refractivity contribution in [2.75, 3.05) is 6.54 Å². The van der Waals surface area contributed by atoms with Gasteiger partial charge in [-0.2, -0.15) is 9.40 Å². The van der Waals surface area contributed by atoms with Gasteiger partial charge in [0.1, 0.15) is 10.7 Å². The molecule has 2 heterocycles. The van der Waals surface area contributed by atoms with Crippen LogP contribution in [0.5, 0.6) is 0 Å². The highest BCUT2D eigenvalue weighted by molar-refractivity contribution is 7.89.